The van der Waals surface area contributed by atoms with E-state index in [9.17, 15) is 4.79 Å². The fraction of sp³-hybridized carbons (Fsp3) is 0.632. The Morgan fingerprint density at radius 1 is 1.23 bits per heavy atom. The lowest BCUT2D eigenvalue weighted by Crippen LogP contribution is -2.46. The van der Waals surface area contributed by atoms with Crippen molar-refractivity contribution in [2.75, 3.05) is 26.7 Å². The molecule has 1 aromatic carbocycles. The molecule has 1 aliphatic heterocycles. The first-order chi connectivity index (χ1) is 10.5. The van der Waals surface area contributed by atoms with Gasteiger partial charge in [-0.1, -0.05) is 38.1 Å². The highest BCUT2D eigenvalue weighted by atomic mass is 16.2. The number of hydrogen-bond acceptors (Lipinski definition) is 2. The van der Waals surface area contributed by atoms with Gasteiger partial charge in [-0.3, -0.25) is 9.69 Å². The lowest BCUT2D eigenvalue weighted by atomic mass is 9.92. The summed E-state index contributed by atoms with van der Waals surface area (Å²) in [5.41, 5.74) is 2.87. The van der Waals surface area contributed by atoms with Crippen LogP contribution in [0.1, 0.15) is 43.9 Å². The number of likely N-dealkylation sites (tertiary alicyclic amines) is 1. The Kier molecular flexibility index (Phi) is 4.53. The Balaban J connectivity index is 1.62. The Labute approximate surface area is 134 Å². The van der Waals surface area contributed by atoms with Crippen LogP contribution in [0, 0.1) is 11.8 Å². The van der Waals surface area contributed by atoms with Gasteiger partial charge in [0.15, 0.2) is 0 Å². The molecule has 2 aliphatic rings. The highest BCUT2D eigenvalue weighted by molar-refractivity contribution is 5.78. The Morgan fingerprint density at radius 2 is 1.91 bits per heavy atom. The average molecular weight is 300 g/mol. The number of nitrogens with zero attached hydrogens (tertiary/aromatic N) is 2. The number of likely N-dealkylation sites (N-methyl/N-ethyl adjacent to an activating group) is 1. The van der Waals surface area contributed by atoms with Gasteiger partial charge in [0.25, 0.3) is 0 Å². The second-order valence-electron chi connectivity index (χ2n) is 7.41. The van der Waals surface area contributed by atoms with Crippen molar-refractivity contribution in [2.24, 2.45) is 11.8 Å². The van der Waals surface area contributed by atoms with E-state index in [2.05, 4.69) is 55.0 Å². The smallest absolute Gasteiger partial charge is 0.236 e. The van der Waals surface area contributed by atoms with E-state index in [-0.39, 0.29) is 0 Å². The van der Waals surface area contributed by atoms with Crippen LogP contribution in [0.5, 0.6) is 0 Å². The van der Waals surface area contributed by atoms with Crippen molar-refractivity contribution in [3.8, 4) is 0 Å². The molecule has 1 fully saturated rings. The summed E-state index contributed by atoms with van der Waals surface area (Å²) in [7, 11) is 2.10. The van der Waals surface area contributed by atoms with Gasteiger partial charge in [-0.05, 0) is 49.3 Å². The largest absolute Gasteiger partial charge is 0.341 e. The number of aryl methyl sites for hydroxylation is 1. The molecule has 0 N–H and O–H groups in total. The minimum absolute atomic E-state index is 0.297. The van der Waals surface area contributed by atoms with Gasteiger partial charge in [-0.15, -0.1) is 0 Å². The molecule has 22 heavy (non-hydrogen) atoms. The summed E-state index contributed by atoms with van der Waals surface area (Å²) in [6, 6.07) is 9.07. The lowest BCUT2D eigenvalue weighted by molar-refractivity contribution is -0.135. The van der Waals surface area contributed by atoms with Crippen molar-refractivity contribution in [2.45, 2.75) is 39.2 Å². The molecule has 3 unspecified atom stereocenters. The van der Waals surface area contributed by atoms with Crippen LogP contribution in [0.25, 0.3) is 0 Å². The van der Waals surface area contributed by atoms with E-state index in [0.717, 1.165) is 25.9 Å². The van der Waals surface area contributed by atoms with E-state index in [4.69, 9.17) is 0 Å². The molecule has 0 aromatic heterocycles. The SMILES string of the molecule is CC1CC(C)CN(C(=O)CN(C)C2CCc3ccccc32)C1. The second-order valence-corrected chi connectivity index (χ2v) is 7.41. The number of fused-ring (bicyclic) bond motifs is 1. The van der Waals surface area contributed by atoms with Crippen molar-refractivity contribution in [1.29, 1.82) is 0 Å². The summed E-state index contributed by atoms with van der Waals surface area (Å²) in [5, 5.41) is 0. The molecule has 0 radical (unpaired) electrons. The first kappa shape index (κ1) is 15.5. The molecule has 0 bridgehead atoms. The van der Waals surface area contributed by atoms with Crippen LogP contribution in [0.3, 0.4) is 0 Å². The standard InChI is InChI=1S/C19H28N2O/c1-14-10-15(2)12-21(11-14)19(22)13-20(3)18-9-8-16-6-4-5-7-17(16)18/h4-7,14-15,18H,8-13H2,1-3H3. The van der Waals surface area contributed by atoms with Crippen LogP contribution in [-0.4, -0.2) is 42.4 Å². The highest BCUT2D eigenvalue weighted by Crippen LogP contribution is 2.34. The quantitative estimate of drug-likeness (QED) is 0.856. The molecule has 1 amide bonds. The van der Waals surface area contributed by atoms with Gasteiger partial charge in [0.05, 0.1) is 6.54 Å². The van der Waals surface area contributed by atoms with Gasteiger partial charge in [0.2, 0.25) is 5.91 Å². The van der Waals surface area contributed by atoms with Crippen LogP contribution in [-0.2, 0) is 11.2 Å². The van der Waals surface area contributed by atoms with E-state index >= 15 is 0 Å². The van der Waals surface area contributed by atoms with E-state index in [1.54, 1.807) is 0 Å². The monoisotopic (exact) mass is 300 g/mol. The Bertz CT molecular complexity index is 532. The van der Waals surface area contributed by atoms with Crippen molar-refractivity contribution >= 4 is 5.91 Å². The number of piperidine rings is 1. The van der Waals surface area contributed by atoms with Gasteiger partial charge >= 0.3 is 0 Å². The number of carbonyl (C=O) groups excluding carboxylic acids is 1. The van der Waals surface area contributed by atoms with Crippen molar-refractivity contribution < 1.29 is 4.79 Å². The second kappa shape index (κ2) is 6.41. The third kappa shape index (κ3) is 3.19. The fourth-order valence-electron chi connectivity index (χ4n) is 4.28. The minimum atomic E-state index is 0.297. The summed E-state index contributed by atoms with van der Waals surface area (Å²) in [5.74, 6) is 1.56. The van der Waals surface area contributed by atoms with E-state index in [0.29, 0.717) is 30.3 Å². The molecule has 1 aliphatic carbocycles. The van der Waals surface area contributed by atoms with Crippen LogP contribution < -0.4 is 0 Å². The van der Waals surface area contributed by atoms with Gasteiger partial charge < -0.3 is 4.90 Å². The average Bonchev–Trinajstić information content (AvgIpc) is 2.90. The molecule has 1 heterocycles. The van der Waals surface area contributed by atoms with Gasteiger partial charge in [0, 0.05) is 19.1 Å². The Hall–Kier alpha value is -1.35. The first-order valence-corrected chi connectivity index (χ1v) is 8.60. The third-order valence-corrected chi connectivity index (χ3v) is 5.24. The highest BCUT2D eigenvalue weighted by Gasteiger charge is 2.30. The number of carbonyl (C=O) groups is 1. The predicted octanol–water partition coefficient (Wildman–Crippen LogP) is 3.11. The minimum Gasteiger partial charge on any atom is -0.341 e. The van der Waals surface area contributed by atoms with Crippen LogP contribution in [0.4, 0.5) is 0 Å². The zero-order chi connectivity index (χ0) is 15.7. The van der Waals surface area contributed by atoms with Crippen molar-refractivity contribution in [1.82, 2.24) is 9.80 Å². The van der Waals surface area contributed by atoms with Crippen molar-refractivity contribution in [3.05, 3.63) is 35.4 Å². The van der Waals surface area contributed by atoms with E-state index in [1.165, 1.54) is 17.5 Å². The molecule has 1 saturated heterocycles. The van der Waals surface area contributed by atoms with Crippen LogP contribution in [0.15, 0.2) is 24.3 Å². The van der Waals surface area contributed by atoms with E-state index < -0.39 is 0 Å². The topological polar surface area (TPSA) is 23.6 Å². The van der Waals surface area contributed by atoms with Crippen LogP contribution >= 0.6 is 0 Å². The summed E-state index contributed by atoms with van der Waals surface area (Å²) in [6.45, 7) is 6.91. The molecule has 3 nitrogen and oxygen atoms in total. The van der Waals surface area contributed by atoms with E-state index in [1.807, 2.05) is 0 Å². The maximum atomic E-state index is 12.7. The molecule has 1 aromatic rings. The maximum absolute atomic E-state index is 12.7. The lowest BCUT2D eigenvalue weighted by Gasteiger charge is -2.36. The molecule has 3 rings (SSSR count). The molecule has 3 atom stereocenters. The Morgan fingerprint density at radius 3 is 2.64 bits per heavy atom. The van der Waals surface area contributed by atoms with Gasteiger partial charge in [-0.25, -0.2) is 0 Å². The molecular formula is C19H28N2O. The fourth-order valence-corrected chi connectivity index (χ4v) is 4.28. The molecule has 0 saturated carbocycles. The number of amides is 1. The number of rotatable bonds is 3. The molecule has 120 valence electrons. The van der Waals surface area contributed by atoms with Crippen molar-refractivity contribution in [3.63, 3.8) is 0 Å². The summed E-state index contributed by atoms with van der Waals surface area (Å²) in [6.07, 6.45) is 3.52. The predicted molar refractivity (Wildman–Crippen MR) is 89.7 cm³/mol. The summed E-state index contributed by atoms with van der Waals surface area (Å²) in [4.78, 5) is 17.0. The third-order valence-electron chi connectivity index (χ3n) is 5.24. The first-order valence-electron chi connectivity index (χ1n) is 8.60. The molecule has 0 spiro atoms. The number of hydrogen-bond donors (Lipinski definition) is 0. The molecular weight excluding hydrogens is 272 g/mol. The molecule has 3 heteroatoms. The number of benzene rings is 1. The summed E-state index contributed by atoms with van der Waals surface area (Å²) >= 11 is 0. The normalized spacial score (nSPS) is 28.0. The zero-order valence-electron chi connectivity index (χ0n) is 14.1. The van der Waals surface area contributed by atoms with Crippen LogP contribution in [0.2, 0.25) is 0 Å². The van der Waals surface area contributed by atoms with Gasteiger partial charge in [0.1, 0.15) is 0 Å². The van der Waals surface area contributed by atoms with Gasteiger partial charge in [-0.2, -0.15) is 0 Å². The zero-order valence-corrected chi connectivity index (χ0v) is 14.1. The maximum Gasteiger partial charge on any atom is 0.236 e. The summed E-state index contributed by atoms with van der Waals surface area (Å²) < 4.78 is 0.